The number of carbonyl (C=O) groups excluding carboxylic acids is 1. The molecule has 2 nitrogen and oxygen atoms in total. The number of aryl methyl sites for hydroxylation is 2. The van der Waals surface area contributed by atoms with Gasteiger partial charge in [0.15, 0.2) is 5.78 Å². The molecule has 3 heteroatoms. The molecule has 0 amide bonds. The largest absolute Gasteiger partial charge is 0.360 e. The van der Waals surface area contributed by atoms with Crippen molar-refractivity contribution in [3.63, 3.8) is 0 Å². The van der Waals surface area contributed by atoms with Crippen LogP contribution in [0.5, 0.6) is 0 Å². The lowest BCUT2D eigenvalue weighted by atomic mass is 9.99. The van der Waals surface area contributed by atoms with Crippen LogP contribution in [0.2, 0.25) is 5.02 Å². The topological polar surface area (TPSA) is 32.9 Å². The minimum atomic E-state index is 0.0328. The summed E-state index contributed by atoms with van der Waals surface area (Å²) in [6.07, 6.45) is 1.75. The minimum Gasteiger partial charge on any atom is -0.360 e. The number of rotatable bonds is 2. The summed E-state index contributed by atoms with van der Waals surface area (Å²) in [5, 5.41) is 1.56. The summed E-state index contributed by atoms with van der Waals surface area (Å²) < 4.78 is 0. The summed E-state index contributed by atoms with van der Waals surface area (Å²) in [6.45, 7) is 4.00. The maximum absolute atomic E-state index is 12.7. The Balaban J connectivity index is 2.12. The number of nitrogens with one attached hydrogen (secondary N) is 1. The van der Waals surface area contributed by atoms with Crippen molar-refractivity contribution in [1.29, 1.82) is 0 Å². The summed E-state index contributed by atoms with van der Waals surface area (Å²) >= 11 is 5.96. The molecule has 0 unspecified atom stereocenters. The van der Waals surface area contributed by atoms with E-state index in [1.54, 1.807) is 12.3 Å². The highest BCUT2D eigenvalue weighted by atomic mass is 35.5. The molecule has 0 spiro atoms. The normalized spacial score (nSPS) is 10.9. The molecule has 0 saturated heterocycles. The van der Waals surface area contributed by atoms with Crippen LogP contribution in [0.4, 0.5) is 0 Å². The number of benzene rings is 2. The van der Waals surface area contributed by atoms with Gasteiger partial charge in [-0.2, -0.15) is 0 Å². The molecule has 0 bridgehead atoms. The third-order valence-electron chi connectivity index (χ3n) is 3.37. The Hall–Kier alpha value is -2.06. The predicted molar refractivity (Wildman–Crippen MR) is 82.7 cm³/mol. The number of ketones is 1. The van der Waals surface area contributed by atoms with Gasteiger partial charge in [-0.05, 0) is 38.1 Å². The monoisotopic (exact) mass is 283 g/mol. The number of H-pyrrole nitrogens is 1. The molecule has 0 aliphatic carbocycles. The SMILES string of the molecule is Cc1cc(C)cc(C(=O)c2c[nH]c3cc(Cl)ccc23)c1. The van der Waals surface area contributed by atoms with Crippen molar-refractivity contribution in [3.8, 4) is 0 Å². The van der Waals surface area contributed by atoms with E-state index in [2.05, 4.69) is 11.1 Å². The highest BCUT2D eigenvalue weighted by Crippen LogP contribution is 2.24. The lowest BCUT2D eigenvalue weighted by Crippen LogP contribution is -2.01. The maximum atomic E-state index is 12.7. The van der Waals surface area contributed by atoms with Crippen LogP contribution in [0.25, 0.3) is 10.9 Å². The van der Waals surface area contributed by atoms with Crippen LogP contribution in [0, 0.1) is 13.8 Å². The molecule has 0 saturated carbocycles. The third-order valence-corrected chi connectivity index (χ3v) is 3.61. The van der Waals surface area contributed by atoms with Gasteiger partial charge >= 0.3 is 0 Å². The van der Waals surface area contributed by atoms with Gasteiger partial charge in [0.05, 0.1) is 0 Å². The zero-order valence-corrected chi connectivity index (χ0v) is 12.1. The molecule has 0 fully saturated rings. The zero-order valence-electron chi connectivity index (χ0n) is 11.3. The molecule has 3 rings (SSSR count). The number of aromatic nitrogens is 1. The molecular formula is C17H14ClNO. The van der Waals surface area contributed by atoms with Gasteiger partial charge in [-0.15, -0.1) is 0 Å². The Morgan fingerprint density at radius 2 is 1.75 bits per heavy atom. The molecule has 1 N–H and O–H groups in total. The number of carbonyl (C=O) groups is 1. The summed E-state index contributed by atoms with van der Waals surface area (Å²) in [7, 11) is 0. The Morgan fingerprint density at radius 3 is 2.45 bits per heavy atom. The molecule has 0 atom stereocenters. The smallest absolute Gasteiger partial charge is 0.195 e. The molecule has 2 aromatic carbocycles. The van der Waals surface area contributed by atoms with E-state index in [1.165, 1.54) is 0 Å². The lowest BCUT2D eigenvalue weighted by Gasteiger charge is -2.04. The lowest BCUT2D eigenvalue weighted by molar-refractivity contribution is 0.104. The van der Waals surface area contributed by atoms with Gasteiger partial charge in [0.25, 0.3) is 0 Å². The highest BCUT2D eigenvalue weighted by Gasteiger charge is 2.14. The summed E-state index contributed by atoms with van der Waals surface area (Å²) in [5.41, 5.74) is 4.47. The van der Waals surface area contributed by atoms with Crippen molar-refractivity contribution >= 4 is 28.3 Å². The number of halogens is 1. The summed E-state index contributed by atoms with van der Waals surface area (Å²) in [4.78, 5) is 15.8. The van der Waals surface area contributed by atoms with Gasteiger partial charge in [-0.3, -0.25) is 4.79 Å². The number of fused-ring (bicyclic) bond motifs is 1. The number of aromatic amines is 1. The Morgan fingerprint density at radius 1 is 1.05 bits per heavy atom. The van der Waals surface area contributed by atoms with Crippen molar-refractivity contribution in [2.75, 3.05) is 0 Å². The first-order valence-corrected chi connectivity index (χ1v) is 6.82. The van der Waals surface area contributed by atoms with Crippen molar-refractivity contribution in [1.82, 2.24) is 4.98 Å². The molecular weight excluding hydrogens is 270 g/mol. The zero-order chi connectivity index (χ0) is 14.3. The van der Waals surface area contributed by atoms with Crippen LogP contribution in [0.15, 0.2) is 42.6 Å². The fourth-order valence-electron chi connectivity index (χ4n) is 2.55. The summed E-state index contributed by atoms with van der Waals surface area (Å²) in [6, 6.07) is 11.4. The van der Waals surface area contributed by atoms with Crippen LogP contribution in [0.3, 0.4) is 0 Å². The quantitative estimate of drug-likeness (QED) is 0.681. The Labute approximate surface area is 122 Å². The Kier molecular flexibility index (Phi) is 3.11. The second-order valence-corrected chi connectivity index (χ2v) is 5.53. The molecule has 0 aliphatic heterocycles. The van der Waals surface area contributed by atoms with E-state index in [0.29, 0.717) is 10.6 Å². The molecule has 1 aromatic heterocycles. The number of hydrogen-bond donors (Lipinski definition) is 1. The highest BCUT2D eigenvalue weighted by molar-refractivity contribution is 6.31. The average molecular weight is 284 g/mol. The van der Waals surface area contributed by atoms with Crippen LogP contribution >= 0.6 is 11.6 Å². The first kappa shape index (κ1) is 12.9. The third kappa shape index (κ3) is 2.23. The van der Waals surface area contributed by atoms with E-state index in [1.807, 2.05) is 38.1 Å². The van der Waals surface area contributed by atoms with E-state index < -0.39 is 0 Å². The van der Waals surface area contributed by atoms with Crippen molar-refractivity contribution in [2.45, 2.75) is 13.8 Å². The summed E-state index contributed by atoms with van der Waals surface area (Å²) in [5.74, 6) is 0.0328. The minimum absolute atomic E-state index is 0.0328. The van der Waals surface area contributed by atoms with Gasteiger partial charge in [0, 0.05) is 33.2 Å². The fraction of sp³-hybridized carbons (Fsp3) is 0.118. The van der Waals surface area contributed by atoms with Gasteiger partial charge in [-0.25, -0.2) is 0 Å². The fourth-order valence-corrected chi connectivity index (χ4v) is 2.72. The van der Waals surface area contributed by atoms with Crippen molar-refractivity contribution < 1.29 is 4.79 Å². The maximum Gasteiger partial charge on any atom is 0.195 e. The molecule has 3 aromatic rings. The standard InChI is InChI=1S/C17H14ClNO/c1-10-5-11(2)7-12(6-10)17(20)15-9-19-16-8-13(18)3-4-14(15)16/h3-9,19H,1-2H3. The van der Waals surface area contributed by atoms with Crippen molar-refractivity contribution in [2.24, 2.45) is 0 Å². The average Bonchev–Trinajstić information content (AvgIpc) is 2.79. The Bertz CT molecular complexity index is 797. The van der Waals surface area contributed by atoms with Crippen molar-refractivity contribution in [3.05, 3.63) is 69.9 Å². The molecule has 0 aliphatic rings. The van der Waals surface area contributed by atoms with Crippen LogP contribution < -0.4 is 0 Å². The second kappa shape index (κ2) is 4.80. The van der Waals surface area contributed by atoms with E-state index in [-0.39, 0.29) is 5.78 Å². The molecule has 0 radical (unpaired) electrons. The van der Waals surface area contributed by atoms with E-state index >= 15 is 0 Å². The van der Waals surface area contributed by atoms with E-state index in [0.717, 1.165) is 27.6 Å². The second-order valence-electron chi connectivity index (χ2n) is 5.10. The predicted octanol–water partition coefficient (Wildman–Crippen LogP) is 4.67. The first-order chi connectivity index (χ1) is 9.54. The van der Waals surface area contributed by atoms with Crippen LogP contribution in [-0.2, 0) is 0 Å². The van der Waals surface area contributed by atoms with E-state index in [4.69, 9.17) is 11.6 Å². The molecule has 100 valence electrons. The van der Waals surface area contributed by atoms with Gasteiger partial charge in [-0.1, -0.05) is 34.9 Å². The van der Waals surface area contributed by atoms with Crippen LogP contribution in [0.1, 0.15) is 27.0 Å². The molecule has 1 heterocycles. The van der Waals surface area contributed by atoms with Gasteiger partial charge in [0.2, 0.25) is 0 Å². The van der Waals surface area contributed by atoms with Gasteiger partial charge < -0.3 is 4.98 Å². The first-order valence-electron chi connectivity index (χ1n) is 6.44. The van der Waals surface area contributed by atoms with E-state index in [9.17, 15) is 4.79 Å². The van der Waals surface area contributed by atoms with Gasteiger partial charge in [0.1, 0.15) is 0 Å². The number of hydrogen-bond acceptors (Lipinski definition) is 1. The van der Waals surface area contributed by atoms with Crippen LogP contribution in [-0.4, -0.2) is 10.8 Å². The molecule has 20 heavy (non-hydrogen) atoms.